The van der Waals surface area contributed by atoms with Crippen molar-refractivity contribution >= 4 is 15.9 Å². The SMILES string of the molecule is Fc1ccccc1Cc1noc(Br)n1. The third-order valence-corrected chi connectivity index (χ3v) is 2.07. The molecule has 0 N–H and O–H groups in total. The van der Waals surface area contributed by atoms with Crippen LogP contribution in [-0.4, -0.2) is 10.1 Å². The average molecular weight is 257 g/mol. The van der Waals surface area contributed by atoms with Crippen molar-refractivity contribution in [2.75, 3.05) is 0 Å². The second kappa shape index (κ2) is 3.88. The Morgan fingerprint density at radius 1 is 1.36 bits per heavy atom. The summed E-state index contributed by atoms with van der Waals surface area (Å²) in [4.78, 5) is 4.23. The molecule has 2 rings (SSSR count). The Balaban J connectivity index is 2.23. The van der Waals surface area contributed by atoms with Gasteiger partial charge >= 0.3 is 0 Å². The van der Waals surface area contributed by atoms with Crippen molar-refractivity contribution in [3.63, 3.8) is 0 Å². The summed E-state index contributed by atoms with van der Waals surface area (Å²) in [6, 6.07) is 6.52. The number of halogens is 2. The summed E-state index contributed by atoms with van der Waals surface area (Å²) >= 11 is 3.03. The molecule has 3 nitrogen and oxygen atoms in total. The minimum Gasteiger partial charge on any atom is -0.327 e. The molecule has 5 heteroatoms. The van der Waals surface area contributed by atoms with Crippen molar-refractivity contribution in [1.82, 2.24) is 10.1 Å². The number of hydrogen-bond acceptors (Lipinski definition) is 3. The highest BCUT2D eigenvalue weighted by Crippen LogP contribution is 2.12. The highest BCUT2D eigenvalue weighted by Gasteiger charge is 2.07. The Morgan fingerprint density at radius 2 is 2.14 bits per heavy atom. The number of benzene rings is 1. The summed E-state index contributed by atoms with van der Waals surface area (Å²) in [7, 11) is 0. The molecule has 0 saturated carbocycles. The van der Waals surface area contributed by atoms with Gasteiger partial charge in [0.05, 0.1) is 0 Å². The van der Waals surface area contributed by atoms with Crippen molar-refractivity contribution in [1.29, 1.82) is 0 Å². The van der Waals surface area contributed by atoms with Gasteiger partial charge in [-0.3, -0.25) is 0 Å². The van der Waals surface area contributed by atoms with Gasteiger partial charge in [-0.05, 0) is 11.6 Å². The molecule has 1 heterocycles. The minimum atomic E-state index is -0.256. The lowest BCUT2D eigenvalue weighted by Crippen LogP contribution is -1.93. The maximum Gasteiger partial charge on any atom is 0.293 e. The highest BCUT2D eigenvalue weighted by molar-refractivity contribution is 9.10. The topological polar surface area (TPSA) is 38.9 Å². The molecule has 0 aliphatic rings. The second-order valence-corrected chi connectivity index (χ2v) is 3.41. The van der Waals surface area contributed by atoms with Gasteiger partial charge in [0.15, 0.2) is 5.82 Å². The van der Waals surface area contributed by atoms with Crippen LogP contribution in [0.5, 0.6) is 0 Å². The first-order valence-electron chi connectivity index (χ1n) is 3.97. The maximum atomic E-state index is 13.2. The van der Waals surface area contributed by atoms with Crippen LogP contribution in [0.4, 0.5) is 4.39 Å². The fourth-order valence-electron chi connectivity index (χ4n) is 1.12. The fraction of sp³-hybridized carbons (Fsp3) is 0.111. The van der Waals surface area contributed by atoms with Gasteiger partial charge in [0.25, 0.3) is 4.80 Å². The van der Waals surface area contributed by atoms with E-state index in [-0.39, 0.29) is 5.82 Å². The van der Waals surface area contributed by atoms with Crippen molar-refractivity contribution in [3.8, 4) is 0 Å². The molecule has 2 aromatic rings. The largest absolute Gasteiger partial charge is 0.327 e. The first-order chi connectivity index (χ1) is 6.75. The summed E-state index contributed by atoms with van der Waals surface area (Å²) < 4.78 is 17.9. The number of nitrogens with zero attached hydrogens (tertiary/aromatic N) is 2. The van der Waals surface area contributed by atoms with Gasteiger partial charge in [-0.15, -0.1) is 0 Å². The van der Waals surface area contributed by atoms with Gasteiger partial charge in [0.1, 0.15) is 5.82 Å². The molecule has 0 unspecified atom stereocenters. The second-order valence-electron chi connectivity index (χ2n) is 2.73. The zero-order valence-electron chi connectivity index (χ0n) is 7.08. The van der Waals surface area contributed by atoms with Gasteiger partial charge in [0.2, 0.25) is 0 Å². The van der Waals surface area contributed by atoms with Crippen LogP contribution in [0.25, 0.3) is 0 Å². The van der Waals surface area contributed by atoms with E-state index >= 15 is 0 Å². The summed E-state index contributed by atoms with van der Waals surface area (Å²) in [5.74, 6) is 0.204. The van der Waals surface area contributed by atoms with Crippen LogP contribution >= 0.6 is 15.9 Å². The van der Waals surface area contributed by atoms with Crippen molar-refractivity contribution in [2.24, 2.45) is 0 Å². The molecule has 0 saturated heterocycles. The lowest BCUT2D eigenvalue weighted by atomic mass is 10.1. The van der Waals surface area contributed by atoms with Gasteiger partial charge in [-0.2, -0.15) is 4.98 Å². The Hall–Kier alpha value is -1.23. The van der Waals surface area contributed by atoms with Gasteiger partial charge < -0.3 is 4.52 Å². The van der Waals surface area contributed by atoms with E-state index in [1.54, 1.807) is 18.2 Å². The highest BCUT2D eigenvalue weighted by atomic mass is 79.9. The summed E-state index contributed by atoms with van der Waals surface area (Å²) in [5.41, 5.74) is 0.556. The Labute approximate surface area is 88.1 Å². The Morgan fingerprint density at radius 3 is 2.79 bits per heavy atom. The zero-order chi connectivity index (χ0) is 9.97. The molecule has 0 radical (unpaired) electrons. The van der Waals surface area contributed by atoms with E-state index in [0.717, 1.165) is 0 Å². The van der Waals surface area contributed by atoms with Crippen molar-refractivity contribution in [2.45, 2.75) is 6.42 Å². The molecule has 14 heavy (non-hydrogen) atoms. The Kier molecular flexibility index (Phi) is 2.58. The van der Waals surface area contributed by atoms with E-state index in [2.05, 4.69) is 26.1 Å². The zero-order valence-corrected chi connectivity index (χ0v) is 8.66. The third kappa shape index (κ3) is 1.98. The van der Waals surface area contributed by atoms with Crippen LogP contribution in [0.15, 0.2) is 33.6 Å². The molecular formula is C9H6BrFN2O. The standard InChI is InChI=1S/C9H6BrFN2O/c10-9-12-8(13-14-9)5-6-3-1-2-4-7(6)11/h1-4H,5H2. The quantitative estimate of drug-likeness (QED) is 0.829. The van der Waals surface area contributed by atoms with Crippen LogP contribution in [0, 0.1) is 5.82 Å². The predicted molar refractivity (Wildman–Crippen MR) is 51.2 cm³/mol. The monoisotopic (exact) mass is 256 g/mol. The van der Waals surface area contributed by atoms with E-state index in [9.17, 15) is 4.39 Å². The van der Waals surface area contributed by atoms with Crippen LogP contribution < -0.4 is 0 Å². The summed E-state index contributed by atoms with van der Waals surface area (Å²) in [6.45, 7) is 0. The molecule has 0 aliphatic heterocycles. The lowest BCUT2D eigenvalue weighted by molar-refractivity contribution is 0.391. The molecule has 72 valence electrons. The van der Waals surface area contributed by atoms with Crippen LogP contribution in [0.1, 0.15) is 11.4 Å². The minimum absolute atomic E-state index is 0.256. The van der Waals surface area contributed by atoms with E-state index in [1.807, 2.05) is 0 Å². The molecule has 1 aromatic heterocycles. The third-order valence-electron chi connectivity index (χ3n) is 1.75. The maximum absolute atomic E-state index is 13.2. The van der Waals surface area contributed by atoms with Crippen molar-refractivity contribution < 1.29 is 8.91 Å². The molecule has 0 amide bonds. The van der Waals surface area contributed by atoms with Gasteiger partial charge in [-0.25, -0.2) is 4.39 Å². The molecular weight excluding hydrogens is 251 g/mol. The molecule has 0 bridgehead atoms. The molecule has 0 aliphatic carbocycles. The Bertz CT molecular complexity index is 444. The molecule has 0 atom stereocenters. The number of aromatic nitrogens is 2. The van der Waals surface area contributed by atoms with E-state index in [0.29, 0.717) is 22.6 Å². The van der Waals surface area contributed by atoms with Gasteiger partial charge in [0, 0.05) is 22.4 Å². The van der Waals surface area contributed by atoms with Crippen LogP contribution in [0.2, 0.25) is 0 Å². The number of rotatable bonds is 2. The van der Waals surface area contributed by atoms with Crippen molar-refractivity contribution in [3.05, 3.63) is 46.3 Å². The summed E-state index contributed by atoms with van der Waals surface area (Å²) in [5, 5.41) is 3.65. The lowest BCUT2D eigenvalue weighted by Gasteiger charge is -1.97. The first kappa shape index (κ1) is 9.33. The first-order valence-corrected chi connectivity index (χ1v) is 4.76. The van der Waals surface area contributed by atoms with E-state index in [1.165, 1.54) is 6.07 Å². The van der Waals surface area contributed by atoms with Crippen LogP contribution in [-0.2, 0) is 6.42 Å². The molecule has 0 fully saturated rings. The van der Waals surface area contributed by atoms with E-state index in [4.69, 9.17) is 4.52 Å². The predicted octanol–water partition coefficient (Wildman–Crippen LogP) is 2.56. The molecule has 1 aromatic carbocycles. The molecule has 0 spiro atoms. The van der Waals surface area contributed by atoms with E-state index < -0.39 is 0 Å². The van der Waals surface area contributed by atoms with Gasteiger partial charge in [-0.1, -0.05) is 23.4 Å². The summed E-state index contributed by atoms with van der Waals surface area (Å²) in [6.07, 6.45) is 0.335. The smallest absolute Gasteiger partial charge is 0.293 e. The number of hydrogen-bond donors (Lipinski definition) is 0. The normalized spacial score (nSPS) is 10.4. The average Bonchev–Trinajstić information content (AvgIpc) is 2.56. The fourth-order valence-corrected chi connectivity index (χ4v) is 1.39. The van der Waals surface area contributed by atoms with Crippen LogP contribution in [0.3, 0.4) is 0 Å².